The van der Waals surface area contributed by atoms with E-state index in [1.807, 2.05) is 24.3 Å². The van der Waals surface area contributed by atoms with Crippen LogP contribution in [-0.2, 0) is 30.5 Å². The molecule has 1 atom stereocenters. The van der Waals surface area contributed by atoms with Crippen molar-refractivity contribution in [1.29, 1.82) is 0 Å². The van der Waals surface area contributed by atoms with E-state index < -0.39 is 5.97 Å². The van der Waals surface area contributed by atoms with Gasteiger partial charge in [-0.1, -0.05) is 54.6 Å². The van der Waals surface area contributed by atoms with Gasteiger partial charge in [0.15, 0.2) is 0 Å². The molecule has 1 aliphatic rings. The van der Waals surface area contributed by atoms with Crippen molar-refractivity contribution in [3.05, 3.63) is 100 Å². The van der Waals surface area contributed by atoms with Crippen LogP contribution in [0.15, 0.2) is 66.7 Å². The molecule has 4 aromatic rings. The minimum atomic E-state index is -0.747. The van der Waals surface area contributed by atoms with Gasteiger partial charge in [0, 0.05) is 12.3 Å². The van der Waals surface area contributed by atoms with Crippen LogP contribution < -0.4 is 0 Å². The fourth-order valence-corrected chi connectivity index (χ4v) is 4.87. The van der Waals surface area contributed by atoms with Gasteiger partial charge in [-0.15, -0.1) is 0 Å². The Morgan fingerprint density at radius 1 is 0.935 bits per heavy atom. The molecule has 5 rings (SSSR count). The van der Waals surface area contributed by atoms with E-state index in [0.717, 1.165) is 49.0 Å². The Balaban J connectivity index is 1.37. The van der Waals surface area contributed by atoms with Crippen molar-refractivity contribution in [1.82, 2.24) is 9.97 Å². The molecule has 1 unspecified atom stereocenters. The van der Waals surface area contributed by atoms with E-state index in [4.69, 9.17) is 0 Å². The third kappa shape index (κ3) is 4.11. The van der Waals surface area contributed by atoms with E-state index in [1.54, 1.807) is 0 Å². The average molecular weight is 411 g/mol. The lowest BCUT2D eigenvalue weighted by Gasteiger charge is -2.19. The van der Waals surface area contributed by atoms with Gasteiger partial charge in [0.1, 0.15) is 5.82 Å². The molecule has 0 saturated heterocycles. The van der Waals surface area contributed by atoms with Crippen molar-refractivity contribution in [3.63, 3.8) is 0 Å². The molecular weight excluding hydrogens is 384 g/mol. The Kier molecular flexibility index (Phi) is 5.29. The number of fused-ring (bicyclic) bond motifs is 3. The quantitative estimate of drug-likeness (QED) is 0.445. The van der Waals surface area contributed by atoms with E-state index in [-0.39, 0.29) is 12.3 Å². The molecule has 0 fully saturated rings. The summed E-state index contributed by atoms with van der Waals surface area (Å²) in [5.74, 6) is 0.193. The van der Waals surface area contributed by atoms with Crippen molar-refractivity contribution in [2.75, 3.05) is 0 Å². The molecule has 4 nitrogen and oxygen atoms in total. The smallest absolute Gasteiger partial charge is 0.304 e. The van der Waals surface area contributed by atoms with Gasteiger partial charge < -0.3 is 10.1 Å². The van der Waals surface area contributed by atoms with Crippen LogP contribution >= 0.6 is 0 Å². The lowest BCUT2D eigenvalue weighted by Crippen LogP contribution is -2.10. The van der Waals surface area contributed by atoms with Crippen LogP contribution in [0.5, 0.6) is 0 Å². The largest absolute Gasteiger partial charge is 0.481 e. The first kappa shape index (κ1) is 19.6. The first-order chi connectivity index (χ1) is 15.2. The summed E-state index contributed by atoms with van der Waals surface area (Å²) in [7, 11) is 0. The zero-order chi connectivity index (χ0) is 21.2. The third-order valence-electron chi connectivity index (χ3n) is 6.38. The number of benzene rings is 3. The number of carboxylic acids is 1. The highest BCUT2D eigenvalue weighted by Gasteiger charge is 2.25. The van der Waals surface area contributed by atoms with E-state index in [2.05, 4.69) is 52.4 Å². The Morgan fingerprint density at radius 3 is 2.55 bits per heavy atom. The zero-order valence-corrected chi connectivity index (χ0v) is 17.5. The normalized spacial score (nSPS) is 15.3. The fraction of sp³-hybridized carbons (Fsp3) is 0.259. The molecule has 156 valence electrons. The number of nitrogens with zero attached hydrogens (tertiary/aromatic N) is 1. The molecule has 0 radical (unpaired) electrons. The van der Waals surface area contributed by atoms with E-state index in [1.165, 1.54) is 27.8 Å². The van der Waals surface area contributed by atoms with E-state index >= 15 is 0 Å². The summed E-state index contributed by atoms with van der Waals surface area (Å²) >= 11 is 0. The van der Waals surface area contributed by atoms with Gasteiger partial charge in [0.25, 0.3) is 0 Å². The number of para-hydroxylation sites is 2. The molecule has 0 saturated carbocycles. The van der Waals surface area contributed by atoms with Crippen LogP contribution in [0, 0.1) is 0 Å². The molecule has 1 aliphatic carbocycles. The first-order valence-electron chi connectivity index (χ1n) is 11.0. The number of hydrogen-bond donors (Lipinski definition) is 2. The van der Waals surface area contributed by atoms with Crippen molar-refractivity contribution >= 4 is 17.0 Å². The van der Waals surface area contributed by atoms with Gasteiger partial charge in [-0.25, -0.2) is 4.98 Å². The monoisotopic (exact) mass is 410 g/mol. The molecule has 0 amide bonds. The standard InChI is InChI=1S/C27H26N2O2/c30-27(31)17-23-21-8-2-1-7-19(21)14-15-20-13-12-18(16-22(20)23)6-5-11-26-28-24-9-3-4-10-25(24)29-26/h1-4,7-10,12-13,16,23H,5-6,11,14-15,17H2,(H,28,29)(H,30,31). The summed E-state index contributed by atoms with van der Waals surface area (Å²) in [6.45, 7) is 0. The maximum atomic E-state index is 11.7. The van der Waals surface area contributed by atoms with Crippen molar-refractivity contribution in [3.8, 4) is 0 Å². The number of aromatic nitrogens is 2. The number of aromatic amines is 1. The molecule has 0 bridgehead atoms. The number of H-pyrrole nitrogens is 1. The Morgan fingerprint density at radius 2 is 1.71 bits per heavy atom. The highest BCUT2D eigenvalue weighted by atomic mass is 16.4. The van der Waals surface area contributed by atoms with Crippen molar-refractivity contribution < 1.29 is 9.90 Å². The third-order valence-corrected chi connectivity index (χ3v) is 6.38. The Bertz CT molecular complexity index is 1210. The molecular formula is C27H26N2O2. The van der Waals surface area contributed by atoms with Gasteiger partial charge in [-0.05, 0) is 65.6 Å². The van der Waals surface area contributed by atoms with Crippen LogP contribution in [0.3, 0.4) is 0 Å². The molecule has 3 aromatic carbocycles. The highest BCUT2D eigenvalue weighted by molar-refractivity contribution is 5.74. The fourth-order valence-electron chi connectivity index (χ4n) is 4.87. The lowest BCUT2D eigenvalue weighted by molar-refractivity contribution is -0.137. The summed E-state index contributed by atoms with van der Waals surface area (Å²) in [5.41, 5.74) is 8.27. The molecule has 0 aliphatic heterocycles. The van der Waals surface area contributed by atoms with Crippen LogP contribution in [-0.4, -0.2) is 21.0 Å². The van der Waals surface area contributed by atoms with Gasteiger partial charge in [-0.3, -0.25) is 4.79 Å². The van der Waals surface area contributed by atoms with Gasteiger partial charge >= 0.3 is 5.97 Å². The molecule has 0 spiro atoms. The summed E-state index contributed by atoms with van der Waals surface area (Å²) in [5, 5.41) is 9.59. The van der Waals surface area contributed by atoms with Crippen LogP contribution in [0.4, 0.5) is 0 Å². The minimum absolute atomic E-state index is 0.0819. The lowest BCUT2D eigenvalue weighted by atomic mass is 9.84. The van der Waals surface area contributed by atoms with Gasteiger partial charge in [-0.2, -0.15) is 0 Å². The number of carboxylic acid groups (broad SMARTS) is 1. The second kappa shape index (κ2) is 8.38. The maximum Gasteiger partial charge on any atom is 0.304 e. The van der Waals surface area contributed by atoms with Gasteiger partial charge in [0.05, 0.1) is 17.5 Å². The predicted molar refractivity (Wildman–Crippen MR) is 123 cm³/mol. The zero-order valence-electron chi connectivity index (χ0n) is 17.5. The summed E-state index contributed by atoms with van der Waals surface area (Å²) < 4.78 is 0. The van der Waals surface area contributed by atoms with Crippen LogP contribution in [0.2, 0.25) is 0 Å². The van der Waals surface area contributed by atoms with E-state index in [0.29, 0.717) is 0 Å². The number of hydrogen-bond acceptors (Lipinski definition) is 2. The molecule has 4 heteroatoms. The molecule has 1 aromatic heterocycles. The Labute approximate surface area is 182 Å². The number of aryl methyl sites for hydroxylation is 4. The molecule has 2 N–H and O–H groups in total. The van der Waals surface area contributed by atoms with Crippen LogP contribution in [0.1, 0.15) is 52.4 Å². The number of aliphatic carboxylic acids is 1. The van der Waals surface area contributed by atoms with Crippen molar-refractivity contribution in [2.24, 2.45) is 0 Å². The van der Waals surface area contributed by atoms with Crippen LogP contribution in [0.25, 0.3) is 11.0 Å². The topological polar surface area (TPSA) is 66.0 Å². The molecule has 31 heavy (non-hydrogen) atoms. The Hall–Kier alpha value is -3.40. The number of nitrogens with one attached hydrogen (secondary N) is 1. The predicted octanol–water partition coefficient (Wildman–Crippen LogP) is 5.44. The average Bonchev–Trinajstić information content (AvgIpc) is 3.13. The summed E-state index contributed by atoms with van der Waals surface area (Å²) in [4.78, 5) is 19.8. The molecule has 1 heterocycles. The highest BCUT2D eigenvalue weighted by Crippen LogP contribution is 2.37. The second-order valence-electron chi connectivity index (χ2n) is 8.44. The number of rotatable bonds is 6. The second-order valence-corrected chi connectivity index (χ2v) is 8.44. The maximum absolute atomic E-state index is 11.7. The van der Waals surface area contributed by atoms with Crippen molar-refractivity contribution in [2.45, 2.75) is 44.4 Å². The number of imidazole rings is 1. The SMILES string of the molecule is O=C(O)CC1c2ccccc2CCc2ccc(CCCc3nc4ccccc4[nH]3)cc21. The minimum Gasteiger partial charge on any atom is -0.481 e. The number of carbonyl (C=O) groups is 1. The van der Waals surface area contributed by atoms with E-state index in [9.17, 15) is 9.90 Å². The summed E-state index contributed by atoms with van der Waals surface area (Å²) in [6, 6.07) is 23.1. The van der Waals surface area contributed by atoms with Gasteiger partial charge in [0.2, 0.25) is 0 Å². The first-order valence-corrected chi connectivity index (χ1v) is 11.0. The summed E-state index contributed by atoms with van der Waals surface area (Å²) in [6.07, 6.45) is 4.90.